The lowest BCUT2D eigenvalue weighted by Crippen LogP contribution is -2.06. The van der Waals surface area contributed by atoms with Crippen LogP contribution in [0.15, 0.2) is 12.7 Å². The summed E-state index contributed by atoms with van der Waals surface area (Å²) in [6.45, 7) is 3.78. The largest absolute Gasteiger partial charge is 0.374 e. The SMILES string of the molecule is Br.C=C[CH2][Mg][CH]1CCCCC1. The summed E-state index contributed by atoms with van der Waals surface area (Å²) in [6.07, 6.45) is 9.71. The summed E-state index contributed by atoms with van der Waals surface area (Å²) >= 11 is 0.247. The average molecular weight is 229 g/mol. The molecule has 0 aromatic heterocycles. The molecule has 1 saturated carbocycles. The zero-order chi connectivity index (χ0) is 7.23. The molecule has 0 bridgehead atoms. The zero-order valence-electron chi connectivity index (χ0n) is 7.22. The van der Waals surface area contributed by atoms with E-state index in [2.05, 4.69) is 12.7 Å². The minimum atomic E-state index is 0. The predicted octanol–water partition coefficient (Wildman–Crippen LogP) is 3.63. The van der Waals surface area contributed by atoms with Gasteiger partial charge in [-0.15, -0.1) is 38.2 Å². The first-order chi connectivity index (χ1) is 4.93. The molecule has 0 saturated heterocycles. The van der Waals surface area contributed by atoms with Crippen LogP contribution in [0.4, 0.5) is 0 Å². The summed E-state index contributed by atoms with van der Waals surface area (Å²) < 4.78 is 2.54. The molecular formula is C9H17BrMg. The quantitative estimate of drug-likeness (QED) is 0.512. The minimum Gasteiger partial charge on any atom is -0.134 e. The number of hydrogen-bond acceptors (Lipinski definition) is 0. The lowest BCUT2D eigenvalue weighted by Gasteiger charge is -2.20. The molecule has 2 heteroatoms. The molecule has 1 fully saturated rings. The second-order valence-corrected chi connectivity index (χ2v) is 5.68. The Labute approximate surface area is 90.3 Å². The Kier molecular flexibility index (Phi) is 8.31. The molecule has 0 atom stereocenters. The van der Waals surface area contributed by atoms with Crippen molar-refractivity contribution in [2.45, 2.75) is 40.7 Å². The van der Waals surface area contributed by atoms with Gasteiger partial charge >= 0.3 is 20.4 Å². The van der Waals surface area contributed by atoms with Gasteiger partial charge in [0.2, 0.25) is 0 Å². The molecule has 0 unspecified atom stereocenters. The molecule has 11 heavy (non-hydrogen) atoms. The lowest BCUT2D eigenvalue weighted by atomic mass is 10.00. The van der Waals surface area contributed by atoms with Gasteiger partial charge in [-0.1, -0.05) is 32.1 Å². The van der Waals surface area contributed by atoms with Crippen LogP contribution in [-0.4, -0.2) is 20.4 Å². The highest BCUT2D eigenvalue weighted by Crippen LogP contribution is 2.28. The van der Waals surface area contributed by atoms with Crippen LogP contribution in [0.25, 0.3) is 0 Å². The van der Waals surface area contributed by atoms with E-state index in [0.717, 1.165) is 0 Å². The van der Waals surface area contributed by atoms with Crippen LogP contribution in [0.2, 0.25) is 8.60 Å². The average Bonchev–Trinajstić information content (AvgIpc) is 2.03. The molecule has 1 rings (SSSR count). The van der Waals surface area contributed by atoms with Crippen molar-refractivity contribution in [3.05, 3.63) is 12.7 Å². The molecule has 1 aliphatic rings. The Balaban J connectivity index is 0.000001000. The van der Waals surface area contributed by atoms with Gasteiger partial charge < -0.3 is 0 Å². The molecule has 0 aromatic carbocycles. The Morgan fingerprint density at radius 1 is 1.27 bits per heavy atom. The highest BCUT2D eigenvalue weighted by atomic mass is 79.9. The summed E-state index contributed by atoms with van der Waals surface area (Å²) in [7, 11) is 0. The van der Waals surface area contributed by atoms with Crippen molar-refractivity contribution in [3.8, 4) is 0 Å². The van der Waals surface area contributed by atoms with Gasteiger partial charge in [0.25, 0.3) is 0 Å². The minimum absolute atomic E-state index is 0. The monoisotopic (exact) mass is 228 g/mol. The molecular weight excluding hydrogens is 212 g/mol. The third-order valence-corrected chi connectivity index (χ3v) is 4.88. The van der Waals surface area contributed by atoms with Crippen molar-refractivity contribution >= 4 is 37.3 Å². The van der Waals surface area contributed by atoms with Crippen molar-refractivity contribution in [2.75, 3.05) is 0 Å². The van der Waals surface area contributed by atoms with Crippen molar-refractivity contribution in [2.24, 2.45) is 0 Å². The number of hydrogen-bond donors (Lipinski definition) is 0. The third kappa shape index (κ3) is 5.26. The van der Waals surface area contributed by atoms with E-state index in [1.807, 2.05) is 0 Å². The molecule has 0 heterocycles. The van der Waals surface area contributed by atoms with E-state index in [1.165, 1.54) is 27.9 Å². The number of allylic oxidation sites excluding steroid dienone is 1. The number of rotatable bonds is 3. The summed E-state index contributed by atoms with van der Waals surface area (Å²) in [6, 6.07) is 0. The van der Waals surface area contributed by atoms with Crippen LogP contribution in [0, 0.1) is 0 Å². The van der Waals surface area contributed by atoms with Gasteiger partial charge in [-0.05, 0) is 0 Å². The van der Waals surface area contributed by atoms with Gasteiger partial charge in [0, 0.05) is 0 Å². The zero-order valence-corrected chi connectivity index (χ0v) is 10.3. The molecule has 0 radical (unpaired) electrons. The molecule has 0 spiro atoms. The van der Waals surface area contributed by atoms with E-state index < -0.39 is 0 Å². The topological polar surface area (TPSA) is 0 Å². The van der Waals surface area contributed by atoms with Crippen molar-refractivity contribution in [3.63, 3.8) is 0 Å². The maximum absolute atomic E-state index is 3.78. The molecule has 0 amide bonds. The normalized spacial score (nSPS) is 18.2. The molecule has 62 valence electrons. The van der Waals surface area contributed by atoms with Gasteiger partial charge in [0.05, 0.1) is 0 Å². The van der Waals surface area contributed by atoms with Crippen LogP contribution < -0.4 is 0 Å². The summed E-state index contributed by atoms with van der Waals surface area (Å²) in [5.41, 5.74) is 0. The Bertz CT molecular complexity index is 97.7. The lowest BCUT2D eigenvalue weighted by molar-refractivity contribution is 0.500. The first-order valence-corrected chi connectivity index (χ1v) is 6.36. The summed E-state index contributed by atoms with van der Waals surface area (Å²) in [5.74, 6) is 0. The van der Waals surface area contributed by atoms with Crippen LogP contribution in [-0.2, 0) is 0 Å². The Hall–Kier alpha value is 0.986. The van der Waals surface area contributed by atoms with Crippen LogP contribution in [0.3, 0.4) is 0 Å². The van der Waals surface area contributed by atoms with Crippen LogP contribution in [0.5, 0.6) is 0 Å². The second kappa shape index (κ2) is 7.63. The Morgan fingerprint density at radius 2 is 1.91 bits per heavy atom. The van der Waals surface area contributed by atoms with Crippen LogP contribution in [0.1, 0.15) is 32.1 Å². The standard InChI is InChI=1S/C6H11.C3H5.BrH.Mg/c1-2-4-6-5-3-1;1-3-2;;/h1H,2-6H2;3H,1-2H2;1H;. The van der Waals surface area contributed by atoms with Crippen molar-refractivity contribution < 1.29 is 0 Å². The highest BCUT2D eigenvalue weighted by Gasteiger charge is 2.13. The number of halogens is 1. The Morgan fingerprint density at radius 3 is 2.45 bits per heavy atom. The maximum Gasteiger partial charge on any atom is 0.374 e. The van der Waals surface area contributed by atoms with Gasteiger partial charge in [0.15, 0.2) is 0 Å². The van der Waals surface area contributed by atoms with Gasteiger partial charge in [-0.25, -0.2) is 0 Å². The second-order valence-electron chi connectivity index (χ2n) is 3.37. The van der Waals surface area contributed by atoms with Gasteiger partial charge in [-0.2, -0.15) is 0 Å². The fourth-order valence-corrected chi connectivity index (χ4v) is 3.69. The predicted molar refractivity (Wildman–Crippen MR) is 57.9 cm³/mol. The molecule has 1 aliphatic carbocycles. The van der Waals surface area contributed by atoms with Crippen molar-refractivity contribution in [1.29, 1.82) is 0 Å². The molecule has 0 aliphatic heterocycles. The first kappa shape index (κ1) is 12.0. The van der Waals surface area contributed by atoms with E-state index >= 15 is 0 Å². The van der Waals surface area contributed by atoms with E-state index in [4.69, 9.17) is 0 Å². The first-order valence-electron chi connectivity index (χ1n) is 4.54. The highest BCUT2D eigenvalue weighted by molar-refractivity contribution is 8.93. The maximum atomic E-state index is 3.78. The van der Waals surface area contributed by atoms with Crippen LogP contribution >= 0.6 is 17.0 Å². The van der Waals surface area contributed by atoms with E-state index in [-0.39, 0.29) is 37.3 Å². The fourth-order valence-electron chi connectivity index (χ4n) is 1.83. The van der Waals surface area contributed by atoms with E-state index in [0.29, 0.717) is 0 Å². The summed E-state index contributed by atoms with van der Waals surface area (Å²) in [4.78, 5) is 0. The van der Waals surface area contributed by atoms with Crippen molar-refractivity contribution in [1.82, 2.24) is 0 Å². The van der Waals surface area contributed by atoms with E-state index in [9.17, 15) is 0 Å². The molecule has 0 N–H and O–H groups in total. The van der Waals surface area contributed by atoms with E-state index in [1.54, 1.807) is 12.8 Å². The smallest absolute Gasteiger partial charge is 0.134 e. The van der Waals surface area contributed by atoms with Gasteiger partial charge in [-0.3, -0.25) is 0 Å². The summed E-state index contributed by atoms with van der Waals surface area (Å²) in [5, 5.41) is 0. The van der Waals surface area contributed by atoms with Gasteiger partial charge in [0.1, 0.15) is 0 Å². The molecule has 0 nitrogen and oxygen atoms in total. The molecule has 0 aromatic rings. The fraction of sp³-hybridized carbons (Fsp3) is 0.778. The third-order valence-electron chi connectivity index (χ3n) is 2.50.